The Kier molecular flexibility index (Phi) is 7.64. The maximum atomic E-state index is 5.27. The van der Waals surface area contributed by atoms with Crippen LogP contribution < -0.4 is 0 Å². The van der Waals surface area contributed by atoms with Crippen LogP contribution in [0.5, 0.6) is 0 Å². The van der Waals surface area contributed by atoms with Gasteiger partial charge in [0.25, 0.3) is 0 Å². The number of rotatable bonds is 6. The largest absolute Gasteiger partial charge is 0.309 e. The van der Waals surface area contributed by atoms with Crippen molar-refractivity contribution in [2.24, 2.45) is 0 Å². The molecule has 0 amide bonds. The van der Waals surface area contributed by atoms with Crippen molar-refractivity contribution in [3.05, 3.63) is 200 Å². The third-order valence-corrected chi connectivity index (χ3v) is 11.0. The van der Waals surface area contributed by atoms with Crippen LogP contribution in [0, 0.1) is 6.92 Å². The first kappa shape index (κ1) is 32.8. The summed E-state index contributed by atoms with van der Waals surface area (Å²) in [7, 11) is 0. The Labute approximate surface area is 329 Å². The topological polar surface area (TPSA) is 48.5 Å². The molecule has 57 heavy (non-hydrogen) atoms. The molecule has 0 saturated heterocycles. The number of benzene rings is 8. The fraction of sp³-hybridized carbons (Fsp3) is 0.0192. The van der Waals surface area contributed by atoms with Crippen molar-refractivity contribution < 1.29 is 0 Å². The van der Waals surface area contributed by atoms with Crippen LogP contribution in [0.2, 0.25) is 0 Å². The fourth-order valence-electron chi connectivity index (χ4n) is 8.37. The SMILES string of the molecule is Cc1ccc2c(c1)c1ccccc1n2-c1ccc(-c2ccc3c4ccccc4n(-c4ccccc4)c3c2)cc1-c1nc(-c2ccccc2)nc(-c2ccccc2)n1. The molecule has 0 aliphatic rings. The van der Waals surface area contributed by atoms with Crippen molar-refractivity contribution in [2.45, 2.75) is 6.92 Å². The summed E-state index contributed by atoms with van der Waals surface area (Å²) in [5.41, 5.74) is 12.9. The van der Waals surface area contributed by atoms with Crippen LogP contribution in [-0.4, -0.2) is 24.1 Å². The number of aryl methyl sites for hydroxylation is 1. The Morgan fingerprint density at radius 1 is 0.333 bits per heavy atom. The average Bonchev–Trinajstić information content (AvgIpc) is 3.79. The van der Waals surface area contributed by atoms with Gasteiger partial charge in [-0.2, -0.15) is 0 Å². The number of hydrogen-bond acceptors (Lipinski definition) is 3. The lowest BCUT2D eigenvalue weighted by Gasteiger charge is -2.16. The smallest absolute Gasteiger partial charge is 0.166 e. The van der Waals surface area contributed by atoms with Gasteiger partial charge >= 0.3 is 0 Å². The molecule has 8 aromatic carbocycles. The van der Waals surface area contributed by atoms with Crippen molar-refractivity contribution in [1.82, 2.24) is 24.1 Å². The molecule has 5 nitrogen and oxygen atoms in total. The van der Waals surface area contributed by atoms with E-state index in [4.69, 9.17) is 15.0 Å². The molecular weight excluding hydrogens is 695 g/mol. The molecule has 0 fully saturated rings. The Hall–Kier alpha value is -7.63. The van der Waals surface area contributed by atoms with Gasteiger partial charge in [0.2, 0.25) is 0 Å². The number of aromatic nitrogens is 5. The van der Waals surface area contributed by atoms with Gasteiger partial charge in [0.15, 0.2) is 17.5 Å². The normalized spacial score (nSPS) is 11.6. The van der Waals surface area contributed by atoms with Crippen molar-refractivity contribution in [3.8, 4) is 56.7 Å². The molecule has 11 aromatic rings. The summed E-state index contributed by atoms with van der Waals surface area (Å²) in [5, 5.41) is 4.86. The molecule has 0 radical (unpaired) electrons. The lowest BCUT2D eigenvalue weighted by molar-refractivity contribution is 1.06. The molecule has 0 N–H and O–H groups in total. The molecule has 0 bridgehead atoms. The Bertz CT molecular complexity index is 3230. The van der Waals surface area contributed by atoms with E-state index in [1.165, 1.54) is 32.6 Å². The summed E-state index contributed by atoms with van der Waals surface area (Å²) in [4.78, 5) is 15.6. The van der Waals surface area contributed by atoms with Gasteiger partial charge in [-0.25, -0.2) is 15.0 Å². The summed E-state index contributed by atoms with van der Waals surface area (Å²) in [5.74, 6) is 1.86. The van der Waals surface area contributed by atoms with Gasteiger partial charge in [-0.1, -0.05) is 145 Å². The highest BCUT2D eigenvalue weighted by atomic mass is 15.1. The van der Waals surface area contributed by atoms with E-state index in [1.54, 1.807) is 0 Å². The summed E-state index contributed by atoms with van der Waals surface area (Å²) in [6.07, 6.45) is 0. The molecule has 3 aromatic heterocycles. The van der Waals surface area contributed by atoms with Gasteiger partial charge in [-0.15, -0.1) is 0 Å². The second-order valence-electron chi connectivity index (χ2n) is 14.6. The molecule has 0 unspecified atom stereocenters. The van der Waals surface area contributed by atoms with Gasteiger partial charge in [-0.3, -0.25) is 0 Å². The molecule has 11 rings (SSSR count). The minimum atomic E-state index is 0.608. The number of nitrogens with zero attached hydrogens (tertiary/aromatic N) is 5. The van der Waals surface area contributed by atoms with Crippen molar-refractivity contribution in [2.75, 3.05) is 0 Å². The van der Waals surface area contributed by atoms with Gasteiger partial charge in [0.05, 0.1) is 27.8 Å². The summed E-state index contributed by atoms with van der Waals surface area (Å²) < 4.78 is 4.74. The zero-order valence-corrected chi connectivity index (χ0v) is 31.2. The first-order valence-corrected chi connectivity index (χ1v) is 19.3. The summed E-state index contributed by atoms with van der Waals surface area (Å²) in [6, 6.07) is 68.6. The van der Waals surface area contributed by atoms with Crippen LogP contribution in [-0.2, 0) is 0 Å². The molecule has 0 saturated carbocycles. The third-order valence-electron chi connectivity index (χ3n) is 11.0. The lowest BCUT2D eigenvalue weighted by atomic mass is 9.99. The van der Waals surface area contributed by atoms with E-state index in [9.17, 15) is 0 Å². The summed E-state index contributed by atoms with van der Waals surface area (Å²) in [6.45, 7) is 2.15. The van der Waals surface area contributed by atoms with Crippen LogP contribution in [0.1, 0.15) is 5.56 Å². The highest BCUT2D eigenvalue weighted by molar-refractivity contribution is 6.11. The van der Waals surface area contributed by atoms with E-state index in [2.05, 4.69) is 174 Å². The second-order valence-corrected chi connectivity index (χ2v) is 14.6. The second kappa shape index (κ2) is 13.3. The van der Waals surface area contributed by atoms with Crippen molar-refractivity contribution in [1.29, 1.82) is 0 Å². The molecule has 0 atom stereocenters. The molecule has 0 aliphatic heterocycles. The van der Waals surface area contributed by atoms with E-state index in [1.807, 2.05) is 36.4 Å². The maximum absolute atomic E-state index is 5.27. The van der Waals surface area contributed by atoms with Crippen molar-refractivity contribution >= 4 is 43.6 Å². The van der Waals surface area contributed by atoms with Crippen LogP contribution >= 0.6 is 0 Å². The quantitative estimate of drug-likeness (QED) is 0.171. The van der Waals surface area contributed by atoms with Crippen molar-refractivity contribution in [3.63, 3.8) is 0 Å². The molecule has 268 valence electrons. The molecular formula is C52H35N5. The predicted octanol–water partition coefficient (Wildman–Crippen LogP) is 13.0. The Balaban J connectivity index is 1.20. The first-order valence-electron chi connectivity index (χ1n) is 19.3. The number of hydrogen-bond donors (Lipinski definition) is 0. The molecule has 3 heterocycles. The van der Waals surface area contributed by atoms with E-state index in [-0.39, 0.29) is 0 Å². The number of para-hydroxylation sites is 3. The van der Waals surface area contributed by atoms with Gasteiger partial charge < -0.3 is 9.13 Å². The van der Waals surface area contributed by atoms with E-state index >= 15 is 0 Å². The first-order chi connectivity index (χ1) is 28.2. The average molecular weight is 730 g/mol. The zero-order valence-electron chi connectivity index (χ0n) is 31.2. The van der Waals surface area contributed by atoms with Gasteiger partial charge in [0.1, 0.15) is 0 Å². The Morgan fingerprint density at radius 2 is 0.842 bits per heavy atom. The summed E-state index contributed by atoms with van der Waals surface area (Å²) >= 11 is 0. The van der Waals surface area contributed by atoms with Crippen LogP contribution in [0.4, 0.5) is 0 Å². The van der Waals surface area contributed by atoms with E-state index in [0.717, 1.165) is 55.7 Å². The zero-order chi connectivity index (χ0) is 37.9. The van der Waals surface area contributed by atoms with Crippen LogP contribution in [0.25, 0.3) is 100 Å². The highest BCUT2D eigenvalue weighted by Gasteiger charge is 2.21. The van der Waals surface area contributed by atoms with Crippen LogP contribution in [0.3, 0.4) is 0 Å². The van der Waals surface area contributed by atoms with E-state index in [0.29, 0.717) is 17.5 Å². The Morgan fingerprint density at radius 3 is 1.53 bits per heavy atom. The maximum Gasteiger partial charge on any atom is 0.166 e. The van der Waals surface area contributed by atoms with Crippen LogP contribution in [0.15, 0.2) is 194 Å². The fourth-order valence-corrected chi connectivity index (χ4v) is 8.37. The predicted molar refractivity (Wildman–Crippen MR) is 235 cm³/mol. The molecule has 0 spiro atoms. The minimum Gasteiger partial charge on any atom is -0.309 e. The monoisotopic (exact) mass is 729 g/mol. The number of fused-ring (bicyclic) bond motifs is 6. The standard InChI is InChI=1S/C52H35N5/c1-34-25-29-47-43(31-34)41-22-12-14-24-46(41)57(47)48-30-27-37(38-26-28-42-40-21-11-13-23-45(40)56(49(42)33-38)39-19-9-4-10-20-39)32-44(48)52-54-50(35-15-5-2-6-16-35)53-51(55-52)36-17-7-3-8-18-36/h2-33H,1H3. The van der Waals surface area contributed by atoms with Gasteiger partial charge in [-0.05, 0) is 72.6 Å². The third kappa shape index (κ3) is 5.51. The lowest BCUT2D eigenvalue weighted by Crippen LogP contribution is -2.04. The molecule has 5 heteroatoms. The highest BCUT2D eigenvalue weighted by Crippen LogP contribution is 2.40. The molecule has 0 aliphatic carbocycles. The van der Waals surface area contributed by atoms with E-state index < -0.39 is 0 Å². The minimum absolute atomic E-state index is 0.608. The van der Waals surface area contributed by atoms with Gasteiger partial charge in [0, 0.05) is 43.9 Å².